The van der Waals surface area contributed by atoms with Crippen LogP contribution in [0.1, 0.15) is 24.8 Å². The molecule has 0 spiro atoms. The van der Waals surface area contributed by atoms with Gasteiger partial charge in [-0.25, -0.2) is 8.78 Å². The number of carbonyl (C=O) groups is 1. The lowest BCUT2D eigenvalue weighted by Crippen LogP contribution is -2.09. The van der Waals surface area contributed by atoms with Crippen molar-refractivity contribution in [3.05, 3.63) is 35.4 Å². The summed E-state index contributed by atoms with van der Waals surface area (Å²) in [4.78, 5) is 11.3. The average molecular weight is 209 g/mol. The molecule has 15 heavy (non-hydrogen) atoms. The maximum Gasteiger partial charge on any atom is 0.154 e. The van der Waals surface area contributed by atoms with Gasteiger partial charge in [-0.05, 0) is 17.7 Å². The van der Waals surface area contributed by atoms with E-state index in [1.165, 1.54) is 0 Å². The molecule has 0 amide bonds. The Balaban J connectivity index is 3.14. The fourth-order valence-corrected chi connectivity index (χ4v) is 1.28. The van der Waals surface area contributed by atoms with Crippen molar-refractivity contribution in [3.8, 4) is 6.07 Å². The second kappa shape index (κ2) is 4.65. The van der Waals surface area contributed by atoms with E-state index in [0.29, 0.717) is 6.07 Å². The molecule has 0 radical (unpaired) electrons. The zero-order chi connectivity index (χ0) is 11.4. The summed E-state index contributed by atoms with van der Waals surface area (Å²) >= 11 is 0. The zero-order valence-corrected chi connectivity index (χ0v) is 8.13. The summed E-state index contributed by atoms with van der Waals surface area (Å²) in [7, 11) is 0. The molecule has 1 aromatic rings. The molecule has 1 atom stereocenters. The van der Waals surface area contributed by atoms with Gasteiger partial charge in [0.15, 0.2) is 5.78 Å². The van der Waals surface area contributed by atoms with Gasteiger partial charge in [0.05, 0.1) is 6.07 Å². The Morgan fingerprint density at radius 1 is 1.40 bits per heavy atom. The Bertz CT molecular complexity index is 403. The number of Topliss-reactive ketones (excluding diaryl/α,β-unsaturated/α-hetero) is 1. The Kier molecular flexibility index (Phi) is 3.51. The number of benzene rings is 1. The molecule has 0 aliphatic rings. The third-order valence-electron chi connectivity index (χ3n) is 2.02. The van der Waals surface area contributed by atoms with E-state index in [9.17, 15) is 13.6 Å². The maximum absolute atomic E-state index is 12.8. The van der Waals surface area contributed by atoms with E-state index in [1.54, 1.807) is 13.0 Å². The van der Waals surface area contributed by atoms with Gasteiger partial charge >= 0.3 is 0 Å². The van der Waals surface area contributed by atoms with Crippen LogP contribution in [-0.2, 0) is 4.79 Å². The van der Waals surface area contributed by atoms with E-state index >= 15 is 0 Å². The molecule has 0 heterocycles. The fraction of sp³-hybridized carbons (Fsp3) is 0.273. The fourth-order valence-electron chi connectivity index (χ4n) is 1.28. The first-order valence-corrected chi connectivity index (χ1v) is 4.46. The first-order valence-electron chi connectivity index (χ1n) is 4.46. The van der Waals surface area contributed by atoms with Gasteiger partial charge < -0.3 is 0 Å². The maximum atomic E-state index is 12.8. The number of nitriles is 1. The minimum absolute atomic E-state index is 0.0712. The highest BCUT2D eigenvalue weighted by molar-refractivity contribution is 5.88. The van der Waals surface area contributed by atoms with Crippen LogP contribution < -0.4 is 0 Å². The molecule has 0 bridgehead atoms. The summed E-state index contributed by atoms with van der Waals surface area (Å²) in [5, 5.41) is 8.75. The van der Waals surface area contributed by atoms with Gasteiger partial charge in [0, 0.05) is 12.5 Å². The summed E-state index contributed by atoms with van der Waals surface area (Å²) in [5.41, 5.74) is 0.0712. The van der Waals surface area contributed by atoms with Gasteiger partial charge in [-0.15, -0.1) is 0 Å². The Morgan fingerprint density at radius 2 is 1.93 bits per heavy atom. The molecule has 1 rings (SSSR count). The number of carbonyl (C=O) groups excluding carboxylic acids is 1. The second-order valence-electron chi connectivity index (χ2n) is 3.08. The lowest BCUT2D eigenvalue weighted by Gasteiger charge is -2.07. The normalized spacial score (nSPS) is 11.9. The molecule has 0 saturated heterocycles. The molecule has 0 N–H and O–H groups in total. The Morgan fingerprint density at radius 3 is 2.33 bits per heavy atom. The van der Waals surface area contributed by atoms with Crippen molar-refractivity contribution in [3.63, 3.8) is 0 Å². The van der Waals surface area contributed by atoms with Gasteiger partial charge in [-0.1, -0.05) is 6.92 Å². The summed E-state index contributed by atoms with van der Waals surface area (Å²) in [5.74, 6) is -2.99. The Labute approximate surface area is 86.1 Å². The monoisotopic (exact) mass is 209 g/mol. The third kappa shape index (κ3) is 2.59. The van der Waals surface area contributed by atoms with Gasteiger partial charge in [0.1, 0.15) is 17.6 Å². The van der Waals surface area contributed by atoms with E-state index in [0.717, 1.165) is 12.1 Å². The molecule has 0 fully saturated rings. The van der Waals surface area contributed by atoms with Gasteiger partial charge in [-0.3, -0.25) is 4.79 Å². The van der Waals surface area contributed by atoms with Crippen molar-refractivity contribution in [2.45, 2.75) is 19.3 Å². The molecule has 4 heteroatoms. The highest BCUT2D eigenvalue weighted by Crippen LogP contribution is 2.19. The quantitative estimate of drug-likeness (QED) is 0.767. The predicted octanol–water partition coefficient (Wildman–Crippen LogP) is 2.55. The predicted molar refractivity (Wildman–Crippen MR) is 50.0 cm³/mol. The summed E-state index contributed by atoms with van der Waals surface area (Å²) < 4.78 is 25.7. The minimum Gasteiger partial charge on any atom is -0.298 e. The number of ketones is 1. The van der Waals surface area contributed by atoms with E-state index in [1.807, 2.05) is 0 Å². The van der Waals surface area contributed by atoms with Crippen LogP contribution in [0.3, 0.4) is 0 Å². The van der Waals surface area contributed by atoms with E-state index < -0.39 is 17.6 Å². The van der Waals surface area contributed by atoms with Crippen LogP contribution in [0.25, 0.3) is 0 Å². The van der Waals surface area contributed by atoms with Crippen molar-refractivity contribution in [2.75, 3.05) is 0 Å². The van der Waals surface area contributed by atoms with Crippen LogP contribution in [0.4, 0.5) is 8.78 Å². The smallest absolute Gasteiger partial charge is 0.154 e. The number of rotatable bonds is 3. The van der Waals surface area contributed by atoms with Gasteiger partial charge in [-0.2, -0.15) is 5.26 Å². The van der Waals surface area contributed by atoms with Crippen molar-refractivity contribution in [1.29, 1.82) is 5.26 Å². The van der Waals surface area contributed by atoms with Crippen LogP contribution in [0.15, 0.2) is 18.2 Å². The van der Waals surface area contributed by atoms with E-state index in [4.69, 9.17) is 5.26 Å². The van der Waals surface area contributed by atoms with Crippen molar-refractivity contribution in [2.24, 2.45) is 0 Å². The largest absolute Gasteiger partial charge is 0.298 e. The Hall–Kier alpha value is -1.76. The minimum atomic E-state index is -1.08. The SMILES string of the molecule is CCC(=O)C(C#N)c1cc(F)cc(F)c1. The third-order valence-corrected chi connectivity index (χ3v) is 2.02. The molecule has 0 aromatic heterocycles. The zero-order valence-electron chi connectivity index (χ0n) is 8.13. The molecule has 78 valence electrons. The molecule has 2 nitrogen and oxygen atoms in total. The van der Waals surface area contributed by atoms with Crippen LogP contribution in [-0.4, -0.2) is 5.78 Å². The van der Waals surface area contributed by atoms with E-state index in [2.05, 4.69) is 0 Å². The lowest BCUT2D eigenvalue weighted by molar-refractivity contribution is -0.119. The highest BCUT2D eigenvalue weighted by Gasteiger charge is 2.19. The van der Waals surface area contributed by atoms with Gasteiger partial charge in [0.2, 0.25) is 0 Å². The summed E-state index contributed by atoms with van der Waals surface area (Å²) in [6, 6.07) is 4.45. The van der Waals surface area contributed by atoms with Crippen molar-refractivity contribution >= 4 is 5.78 Å². The van der Waals surface area contributed by atoms with Crippen LogP contribution in [0, 0.1) is 23.0 Å². The van der Waals surface area contributed by atoms with E-state index in [-0.39, 0.29) is 17.8 Å². The molecule has 0 aliphatic carbocycles. The van der Waals surface area contributed by atoms with Crippen LogP contribution in [0.5, 0.6) is 0 Å². The number of halogens is 2. The standard InChI is InChI=1S/C11H9F2NO/c1-2-11(15)10(6-14)7-3-8(12)5-9(13)4-7/h3-5,10H,2H2,1H3. The van der Waals surface area contributed by atoms with Crippen LogP contribution >= 0.6 is 0 Å². The molecule has 0 aliphatic heterocycles. The molecule has 1 unspecified atom stereocenters. The molecular formula is C11H9F2NO. The molecule has 1 aromatic carbocycles. The first-order chi connectivity index (χ1) is 7.08. The molecular weight excluding hydrogens is 200 g/mol. The topological polar surface area (TPSA) is 40.9 Å². The van der Waals surface area contributed by atoms with Crippen molar-refractivity contribution in [1.82, 2.24) is 0 Å². The molecule has 0 saturated carbocycles. The second-order valence-corrected chi connectivity index (χ2v) is 3.08. The first kappa shape index (κ1) is 11.3. The van der Waals surface area contributed by atoms with Crippen molar-refractivity contribution < 1.29 is 13.6 Å². The summed E-state index contributed by atoms with van der Waals surface area (Å²) in [6.45, 7) is 1.60. The highest BCUT2D eigenvalue weighted by atomic mass is 19.1. The van der Waals surface area contributed by atoms with Gasteiger partial charge in [0.25, 0.3) is 0 Å². The number of hydrogen-bond acceptors (Lipinski definition) is 2. The summed E-state index contributed by atoms with van der Waals surface area (Å²) in [6.07, 6.45) is 0.163. The number of hydrogen-bond donors (Lipinski definition) is 0. The van der Waals surface area contributed by atoms with Crippen LogP contribution in [0.2, 0.25) is 0 Å². The number of nitrogens with zero attached hydrogens (tertiary/aromatic N) is 1. The average Bonchev–Trinajstić information content (AvgIpc) is 2.17. The lowest BCUT2D eigenvalue weighted by atomic mass is 9.94.